The van der Waals surface area contributed by atoms with Gasteiger partial charge in [0, 0.05) is 18.2 Å². The summed E-state index contributed by atoms with van der Waals surface area (Å²) in [4.78, 5) is 0. The molecule has 0 saturated carbocycles. The van der Waals surface area contributed by atoms with E-state index < -0.39 is 0 Å². The first-order valence-corrected chi connectivity index (χ1v) is 6.45. The van der Waals surface area contributed by atoms with Crippen LogP contribution in [0.1, 0.15) is 24.1 Å². The highest BCUT2D eigenvalue weighted by atomic mass is 19.1. The van der Waals surface area contributed by atoms with E-state index in [1.165, 1.54) is 13.2 Å². The van der Waals surface area contributed by atoms with Gasteiger partial charge in [-0.2, -0.15) is 0 Å². The van der Waals surface area contributed by atoms with Crippen LogP contribution in [0.2, 0.25) is 0 Å². The molecule has 0 fully saturated rings. The van der Waals surface area contributed by atoms with E-state index in [0.29, 0.717) is 17.9 Å². The minimum atomic E-state index is -0.218. The van der Waals surface area contributed by atoms with E-state index in [1.54, 1.807) is 24.3 Å². The second-order valence-corrected chi connectivity index (χ2v) is 4.63. The third-order valence-corrected chi connectivity index (χ3v) is 3.23. The summed E-state index contributed by atoms with van der Waals surface area (Å²) >= 11 is 0. The molecule has 0 bridgehead atoms. The van der Waals surface area contributed by atoms with Crippen LogP contribution in [0, 0.1) is 5.82 Å². The Morgan fingerprint density at radius 3 is 2.65 bits per heavy atom. The molecule has 0 spiro atoms. The van der Waals surface area contributed by atoms with Gasteiger partial charge in [0.1, 0.15) is 5.82 Å². The molecule has 106 valence electrons. The molecule has 2 rings (SSSR count). The lowest BCUT2D eigenvalue weighted by Gasteiger charge is -2.15. The first-order valence-electron chi connectivity index (χ1n) is 6.45. The van der Waals surface area contributed by atoms with Crippen LogP contribution < -0.4 is 10.1 Å². The van der Waals surface area contributed by atoms with Gasteiger partial charge in [-0.15, -0.1) is 0 Å². The second kappa shape index (κ2) is 6.39. The molecule has 4 heteroatoms. The molecule has 20 heavy (non-hydrogen) atoms. The molecule has 0 aliphatic heterocycles. The highest BCUT2D eigenvalue weighted by Gasteiger charge is 2.10. The number of hydrogen-bond donors (Lipinski definition) is 2. The largest absolute Gasteiger partial charge is 0.504 e. The van der Waals surface area contributed by atoms with Crippen LogP contribution >= 0.6 is 0 Å². The van der Waals surface area contributed by atoms with Crippen molar-refractivity contribution in [2.75, 3.05) is 7.11 Å². The highest BCUT2D eigenvalue weighted by molar-refractivity contribution is 5.41. The molecule has 1 atom stereocenters. The van der Waals surface area contributed by atoms with Crippen LogP contribution in [0.4, 0.5) is 4.39 Å². The zero-order valence-electron chi connectivity index (χ0n) is 11.6. The zero-order valence-corrected chi connectivity index (χ0v) is 11.6. The van der Waals surface area contributed by atoms with Gasteiger partial charge < -0.3 is 15.2 Å². The van der Waals surface area contributed by atoms with Crippen molar-refractivity contribution >= 4 is 0 Å². The number of hydrogen-bond acceptors (Lipinski definition) is 3. The van der Waals surface area contributed by atoms with Gasteiger partial charge >= 0.3 is 0 Å². The summed E-state index contributed by atoms with van der Waals surface area (Å²) in [7, 11) is 1.51. The minimum absolute atomic E-state index is 0.102. The molecule has 2 aromatic rings. The number of halogens is 1. The van der Waals surface area contributed by atoms with Crippen molar-refractivity contribution in [3.05, 3.63) is 59.4 Å². The monoisotopic (exact) mass is 275 g/mol. The van der Waals surface area contributed by atoms with E-state index in [0.717, 1.165) is 5.56 Å². The fourth-order valence-electron chi connectivity index (χ4n) is 2.05. The quantitative estimate of drug-likeness (QED) is 0.879. The van der Waals surface area contributed by atoms with E-state index in [9.17, 15) is 9.50 Å². The lowest BCUT2D eigenvalue weighted by atomic mass is 10.1. The Morgan fingerprint density at radius 1 is 1.25 bits per heavy atom. The Morgan fingerprint density at radius 2 is 2.00 bits per heavy atom. The average Bonchev–Trinajstić information content (AvgIpc) is 2.45. The Kier molecular flexibility index (Phi) is 4.58. The fourth-order valence-corrected chi connectivity index (χ4v) is 2.05. The Balaban J connectivity index is 2.02. The van der Waals surface area contributed by atoms with Gasteiger partial charge in [-0.3, -0.25) is 0 Å². The number of methoxy groups -OCH3 is 1. The van der Waals surface area contributed by atoms with Crippen LogP contribution in [0.15, 0.2) is 42.5 Å². The smallest absolute Gasteiger partial charge is 0.160 e. The van der Waals surface area contributed by atoms with Crippen molar-refractivity contribution in [3.63, 3.8) is 0 Å². The van der Waals surface area contributed by atoms with E-state index in [1.807, 2.05) is 19.1 Å². The standard InChI is InChI=1S/C16H18FNO2/c1-11(13-5-3-4-6-14(13)17)18-10-12-7-8-16(20-2)15(19)9-12/h3-9,11,18-19H,10H2,1-2H3/t11-/m1/s1. The van der Waals surface area contributed by atoms with Crippen molar-refractivity contribution in [2.24, 2.45) is 0 Å². The molecule has 0 unspecified atom stereocenters. The number of ether oxygens (including phenoxy) is 1. The number of phenols is 1. The van der Waals surface area contributed by atoms with E-state index in [-0.39, 0.29) is 17.6 Å². The van der Waals surface area contributed by atoms with Gasteiger partial charge in [0.2, 0.25) is 0 Å². The molecule has 0 aliphatic rings. The molecule has 2 N–H and O–H groups in total. The van der Waals surface area contributed by atoms with Gasteiger partial charge in [0.05, 0.1) is 7.11 Å². The average molecular weight is 275 g/mol. The van der Waals surface area contributed by atoms with Crippen molar-refractivity contribution in [1.29, 1.82) is 0 Å². The molecule has 0 heterocycles. The molecule has 0 amide bonds. The maximum Gasteiger partial charge on any atom is 0.160 e. The van der Waals surface area contributed by atoms with E-state index in [4.69, 9.17) is 4.74 Å². The maximum absolute atomic E-state index is 13.6. The number of nitrogens with one attached hydrogen (secondary N) is 1. The maximum atomic E-state index is 13.6. The van der Waals surface area contributed by atoms with Crippen LogP contribution in [0.3, 0.4) is 0 Å². The number of phenolic OH excluding ortho intramolecular Hbond substituents is 1. The van der Waals surface area contributed by atoms with Crippen molar-refractivity contribution < 1.29 is 14.2 Å². The van der Waals surface area contributed by atoms with Crippen LogP contribution in [0.5, 0.6) is 11.5 Å². The predicted molar refractivity (Wildman–Crippen MR) is 76.3 cm³/mol. The van der Waals surface area contributed by atoms with Gasteiger partial charge in [-0.1, -0.05) is 24.3 Å². The number of rotatable bonds is 5. The lowest BCUT2D eigenvalue weighted by Crippen LogP contribution is -2.19. The summed E-state index contributed by atoms with van der Waals surface area (Å²) in [5.41, 5.74) is 1.54. The molecule has 0 aromatic heterocycles. The van der Waals surface area contributed by atoms with Gasteiger partial charge in [0.25, 0.3) is 0 Å². The number of benzene rings is 2. The normalized spacial score (nSPS) is 12.2. The summed E-state index contributed by atoms with van der Waals surface area (Å²) < 4.78 is 18.6. The summed E-state index contributed by atoms with van der Waals surface area (Å²) in [6.45, 7) is 2.44. The van der Waals surface area contributed by atoms with Crippen LogP contribution in [-0.4, -0.2) is 12.2 Å². The molecule has 0 radical (unpaired) electrons. The van der Waals surface area contributed by atoms with E-state index >= 15 is 0 Å². The summed E-state index contributed by atoms with van der Waals surface area (Å²) in [6.07, 6.45) is 0. The summed E-state index contributed by atoms with van der Waals surface area (Å²) in [5, 5.41) is 12.9. The van der Waals surface area contributed by atoms with Gasteiger partial charge in [-0.05, 0) is 30.7 Å². The molecule has 3 nitrogen and oxygen atoms in total. The van der Waals surface area contributed by atoms with Crippen LogP contribution in [-0.2, 0) is 6.54 Å². The fraction of sp³-hybridized carbons (Fsp3) is 0.250. The minimum Gasteiger partial charge on any atom is -0.504 e. The Labute approximate surface area is 118 Å². The highest BCUT2D eigenvalue weighted by Crippen LogP contribution is 2.26. The summed E-state index contributed by atoms with van der Waals surface area (Å²) in [6, 6.07) is 11.8. The summed E-state index contributed by atoms with van der Waals surface area (Å²) in [5.74, 6) is 0.325. The first kappa shape index (κ1) is 14.3. The zero-order chi connectivity index (χ0) is 14.5. The Hall–Kier alpha value is -2.07. The first-order chi connectivity index (χ1) is 9.61. The van der Waals surface area contributed by atoms with Crippen molar-refractivity contribution in [3.8, 4) is 11.5 Å². The molecular formula is C16H18FNO2. The lowest BCUT2D eigenvalue weighted by molar-refractivity contribution is 0.373. The van der Waals surface area contributed by atoms with E-state index in [2.05, 4.69) is 5.32 Å². The van der Waals surface area contributed by atoms with Crippen molar-refractivity contribution in [2.45, 2.75) is 19.5 Å². The molecule has 0 saturated heterocycles. The van der Waals surface area contributed by atoms with Gasteiger partial charge in [0.15, 0.2) is 11.5 Å². The van der Waals surface area contributed by atoms with Crippen LogP contribution in [0.25, 0.3) is 0 Å². The Bertz CT molecular complexity index is 586. The third-order valence-electron chi connectivity index (χ3n) is 3.23. The van der Waals surface area contributed by atoms with Gasteiger partial charge in [-0.25, -0.2) is 4.39 Å². The molecular weight excluding hydrogens is 257 g/mol. The SMILES string of the molecule is COc1ccc(CN[C@H](C)c2ccccc2F)cc1O. The molecule has 2 aromatic carbocycles. The molecule has 0 aliphatic carbocycles. The second-order valence-electron chi connectivity index (χ2n) is 4.63. The third kappa shape index (κ3) is 3.27. The predicted octanol–water partition coefficient (Wildman–Crippen LogP) is 3.39. The number of aromatic hydroxyl groups is 1. The topological polar surface area (TPSA) is 41.5 Å². The van der Waals surface area contributed by atoms with Crippen molar-refractivity contribution in [1.82, 2.24) is 5.32 Å².